The highest BCUT2D eigenvalue weighted by Gasteiger charge is 2.18. The first kappa shape index (κ1) is 17.1. The molecule has 1 amide bonds. The summed E-state index contributed by atoms with van der Waals surface area (Å²) in [7, 11) is 0. The molecular formula is C17H26N4O3. The number of hydrogen-bond donors (Lipinski definition) is 1. The maximum absolute atomic E-state index is 12.3. The Morgan fingerprint density at radius 1 is 1.17 bits per heavy atom. The molecule has 1 unspecified atom stereocenters. The minimum absolute atomic E-state index is 0.0730. The molecule has 0 bridgehead atoms. The Labute approximate surface area is 142 Å². The number of pyridine rings is 1. The predicted octanol–water partition coefficient (Wildman–Crippen LogP) is 0.369. The van der Waals surface area contributed by atoms with Crippen molar-refractivity contribution in [1.82, 2.24) is 15.2 Å². The van der Waals surface area contributed by atoms with Crippen LogP contribution in [0.5, 0.6) is 0 Å². The molecule has 1 N–H and O–H groups in total. The molecule has 2 saturated heterocycles. The molecule has 1 aromatic rings. The van der Waals surface area contributed by atoms with Crippen molar-refractivity contribution in [3.05, 3.63) is 23.9 Å². The number of morpholine rings is 2. The molecule has 0 aromatic carbocycles. The van der Waals surface area contributed by atoms with Gasteiger partial charge >= 0.3 is 0 Å². The van der Waals surface area contributed by atoms with Crippen LogP contribution in [0.4, 0.5) is 5.82 Å². The van der Waals surface area contributed by atoms with Crippen molar-refractivity contribution in [2.45, 2.75) is 13.0 Å². The molecule has 0 radical (unpaired) electrons. The van der Waals surface area contributed by atoms with Gasteiger partial charge in [0, 0.05) is 45.0 Å². The molecule has 7 nitrogen and oxygen atoms in total. The summed E-state index contributed by atoms with van der Waals surface area (Å²) in [5.41, 5.74) is 0.598. The lowest BCUT2D eigenvalue weighted by molar-refractivity contribution is 0.0204. The summed E-state index contributed by atoms with van der Waals surface area (Å²) >= 11 is 0. The molecule has 3 heterocycles. The quantitative estimate of drug-likeness (QED) is 0.839. The zero-order valence-corrected chi connectivity index (χ0v) is 14.2. The number of rotatable bonds is 5. The fourth-order valence-electron chi connectivity index (χ4n) is 2.99. The molecule has 24 heavy (non-hydrogen) atoms. The van der Waals surface area contributed by atoms with E-state index in [0.717, 1.165) is 58.4 Å². The summed E-state index contributed by atoms with van der Waals surface area (Å²) in [5, 5.41) is 3.00. The van der Waals surface area contributed by atoms with Crippen molar-refractivity contribution in [2.24, 2.45) is 0 Å². The van der Waals surface area contributed by atoms with Gasteiger partial charge in [-0.1, -0.05) is 0 Å². The maximum atomic E-state index is 12.3. The third-order valence-corrected chi connectivity index (χ3v) is 4.57. The Kier molecular flexibility index (Phi) is 6.01. The summed E-state index contributed by atoms with van der Waals surface area (Å²) in [4.78, 5) is 21.2. The van der Waals surface area contributed by atoms with Gasteiger partial charge in [0.15, 0.2) is 0 Å². The van der Waals surface area contributed by atoms with E-state index < -0.39 is 0 Å². The molecular weight excluding hydrogens is 308 g/mol. The second kappa shape index (κ2) is 8.41. The number of carbonyl (C=O) groups is 1. The van der Waals surface area contributed by atoms with E-state index in [9.17, 15) is 4.79 Å². The second-order valence-electron chi connectivity index (χ2n) is 6.21. The van der Waals surface area contributed by atoms with Gasteiger partial charge in [-0.3, -0.25) is 9.69 Å². The lowest BCUT2D eigenvalue weighted by atomic mass is 10.2. The van der Waals surface area contributed by atoms with Crippen LogP contribution >= 0.6 is 0 Å². The van der Waals surface area contributed by atoms with Crippen molar-refractivity contribution in [3.63, 3.8) is 0 Å². The largest absolute Gasteiger partial charge is 0.379 e. The highest BCUT2D eigenvalue weighted by Crippen LogP contribution is 2.13. The normalized spacial score (nSPS) is 20.6. The van der Waals surface area contributed by atoms with Crippen LogP contribution in [0, 0.1) is 0 Å². The van der Waals surface area contributed by atoms with Gasteiger partial charge in [0.05, 0.1) is 32.0 Å². The van der Waals surface area contributed by atoms with Gasteiger partial charge in [0.25, 0.3) is 5.91 Å². The monoisotopic (exact) mass is 334 g/mol. The smallest absolute Gasteiger partial charge is 0.252 e. The number of hydrogen-bond acceptors (Lipinski definition) is 6. The minimum atomic E-state index is -0.0730. The van der Waals surface area contributed by atoms with E-state index in [1.54, 1.807) is 6.20 Å². The molecule has 1 atom stereocenters. The molecule has 2 aliphatic heterocycles. The Morgan fingerprint density at radius 3 is 2.46 bits per heavy atom. The van der Waals surface area contributed by atoms with E-state index in [-0.39, 0.29) is 5.91 Å². The molecule has 0 aliphatic carbocycles. The van der Waals surface area contributed by atoms with Crippen LogP contribution in [0.25, 0.3) is 0 Å². The van der Waals surface area contributed by atoms with Crippen molar-refractivity contribution in [2.75, 3.05) is 64.1 Å². The first-order valence-electron chi connectivity index (χ1n) is 8.63. The van der Waals surface area contributed by atoms with Crippen LogP contribution in [-0.2, 0) is 9.47 Å². The zero-order valence-electron chi connectivity index (χ0n) is 14.2. The SMILES string of the molecule is CC(CNC(=O)c1ccc(N2CCOCC2)nc1)N1CCOCC1. The van der Waals surface area contributed by atoms with Gasteiger partial charge in [0.1, 0.15) is 5.82 Å². The van der Waals surface area contributed by atoms with Gasteiger partial charge in [0.2, 0.25) is 0 Å². The molecule has 132 valence electrons. The number of amides is 1. The van der Waals surface area contributed by atoms with Gasteiger partial charge in [-0.05, 0) is 19.1 Å². The highest BCUT2D eigenvalue weighted by molar-refractivity contribution is 5.94. The Morgan fingerprint density at radius 2 is 1.83 bits per heavy atom. The average molecular weight is 334 g/mol. The van der Waals surface area contributed by atoms with Gasteiger partial charge in [-0.2, -0.15) is 0 Å². The molecule has 3 rings (SSSR count). The number of nitrogens with one attached hydrogen (secondary N) is 1. The summed E-state index contributed by atoms with van der Waals surface area (Å²) in [6.07, 6.45) is 1.65. The van der Waals surface area contributed by atoms with Gasteiger partial charge in [-0.25, -0.2) is 4.98 Å². The third-order valence-electron chi connectivity index (χ3n) is 4.57. The van der Waals surface area contributed by atoms with E-state index >= 15 is 0 Å². The first-order valence-corrected chi connectivity index (χ1v) is 8.63. The van der Waals surface area contributed by atoms with Crippen LogP contribution < -0.4 is 10.2 Å². The Hall–Kier alpha value is -1.70. The molecule has 2 aliphatic rings. The summed E-state index contributed by atoms with van der Waals surface area (Å²) in [6.45, 7) is 9.28. The topological polar surface area (TPSA) is 66.9 Å². The van der Waals surface area contributed by atoms with E-state index in [1.165, 1.54) is 0 Å². The summed E-state index contributed by atoms with van der Waals surface area (Å²) in [5.74, 6) is 0.827. The van der Waals surface area contributed by atoms with E-state index in [4.69, 9.17) is 9.47 Å². The second-order valence-corrected chi connectivity index (χ2v) is 6.21. The van der Waals surface area contributed by atoms with Crippen LogP contribution in [0.3, 0.4) is 0 Å². The van der Waals surface area contributed by atoms with Gasteiger partial charge in [-0.15, -0.1) is 0 Å². The zero-order chi connectivity index (χ0) is 16.8. The van der Waals surface area contributed by atoms with Crippen molar-refractivity contribution in [1.29, 1.82) is 0 Å². The van der Waals surface area contributed by atoms with Crippen molar-refractivity contribution >= 4 is 11.7 Å². The average Bonchev–Trinajstić information content (AvgIpc) is 2.67. The minimum Gasteiger partial charge on any atom is -0.379 e. The Bertz CT molecular complexity index is 525. The third kappa shape index (κ3) is 4.43. The first-order chi connectivity index (χ1) is 11.7. The fraction of sp³-hybridized carbons (Fsp3) is 0.647. The fourth-order valence-corrected chi connectivity index (χ4v) is 2.99. The van der Waals surface area contributed by atoms with Crippen LogP contribution in [0.2, 0.25) is 0 Å². The molecule has 1 aromatic heterocycles. The van der Waals surface area contributed by atoms with Crippen molar-refractivity contribution in [3.8, 4) is 0 Å². The molecule has 0 saturated carbocycles. The lowest BCUT2D eigenvalue weighted by Crippen LogP contribution is -2.47. The van der Waals surface area contributed by atoms with E-state index in [2.05, 4.69) is 27.0 Å². The summed E-state index contributed by atoms with van der Waals surface area (Å²) < 4.78 is 10.7. The van der Waals surface area contributed by atoms with E-state index in [1.807, 2.05) is 12.1 Å². The number of aromatic nitrogens is 1. The number of anilines is 1. The number of carbonyl (C=O) groups excluding carboxylic acids is 1. The highest BCUT2D eigenvalue weighted by atomic mass is 16.5. The molecule has 7 heteroatoms. The van der Waals surface area contributed by atoms with Crippen LogP contribution in [-0.4, -0.2) is 81.0 Å². The van der Waals surface area contributed by atoms with Crippen LogP contribution in [0.15, 0.2) is 18.3 Å². The standard InChI is InChI=1S/C17H26N4O3/c1-14(20-4-8-23-9-5-20)12-19-17(22)15-2-3-16(18-13-15)21-6-10-24-11-7-21/h2-3,13-14H,4-12H2,1H3,(H,19,22). The lowest BCUT2D eigenvalue weighted by Gasteiger charge is -2.32. The predicted molar refractivity (Wildman–Crippen MR) is 91.5 cm³/mol. The van der Waals surface area contributed by atoms with Crippen LogP contribution in [0.1, 0.15) is 17.3 Å². The summed E-state index contributed by atoms with van der Waals surface area (Å²) in [6, 6.07) is 4.05. The molecule has 2 fully saturated rings. The van der Waals surface area contributed by atoms with Gasteiger partial charge < -0.3 is 19.7 Å². The molecule has 0 spiro atoms. The number of nitrogens with zero attached hydrogens (tertiary/aromatic N) is 3. The number of ether oxygens (including phenoxy) is 2. The Balaban J connectivity index is 1.49. The van der Waals surface area contributed by atoms with E-state index in [0.29, 0.717) is 18.2 Å². The van der Waals surface area contributed by atoms with Crippen molar-refractivity contribution < 1.29 is 14.3 Å². The maximum Gasteiger partial charge on any atom is 0.252 e.